The summed E-state index contributed by atoms with van der Waals surface area (Å²) in [5.41, 5.74) is 6.14. The minimum Gasteiger partial charge on any atom is -0.462 e. The fraction of sp³-hybridized carbons (Fsp3) is 0.700. The molecule has 0 aromatic carbocycles. The van der Waals surface area contributed by atoms with Gasteiger partial charge in [-0.15, -0.1) is 0 Å². The molecule has 0 heterocycles. The Balaban J connectivity index is 3.36. The summed E-state index contributed by atoms with van der Waals surface area (Å²) in [5, 5.41) is 0. The molecule has 76 valence electrons. The third kappa shape index (κ3) is 6.34. The van der Waals surface area contributed by atoms with E-state index < -0.39 is 0 Å². The zero-order chi connectivity index (χ0) is 10.3. The molecule has 0 aliphatic heterocycles. The van der Waals surface area contributed by atoms with Gasteiger partial charge in [-0.3, -0.25) is 0 Å². The molecule has 0 fully saturated rings. The van der Waals surface area contributed by atoms with Crippen molar-refractivity contribution in [2.75, 3.05) is 6.61 Å². The minimum absolute atomic E-state index is 0.225. The number of nitrogens with two attached hydrogens (primary N) is 1. The van der Waals surface area contributed by atoms with Crippen LogP contribution in [0.5, 0.6) is 0 Å². The molecule has 0 aromatic rings. The van der Waals surface area contributed by atoms with Crippen molar-refractivity contribution in [2.24, 2.45) is 5.73 Å². The summed E-state index contributed by atoms with van der Waals surface area (Å²) in [6.45, 7) is 7.61. The maximum atomic E-state index is 10.9. The largest absolute Gasteiger partial charge is 0.462 e. The van der Waals surface area contributed by atoms with Gasteiger partial charge in [0.15, 0.2) is 0 Å². The third-order valence-corrected chi connectivity index (χ3v) is 1.83. The molecule has 0 amide bonds. The molecule has 13 heavy (non-hydrogen) atoms. The van der Waals surface area contributed by atoms with Crippen LogP contribution < -0.4 is 5.73 Å². The zero-order valence-electron chi connectivity index (χ0n) is 8.51. The molecular weight excluding hydrogens is 166 g/mol. The molecule has 0 spiro atoms. The van der Waals surface area contributed by atoms with Crippen molar-refractivity contribution >= 4 is 5.97 Å². The molecule has 1 unspecified atom stereocenters. The van der Waals surface area contributed by atoms with Crippen molar-refractivity contribution < 1.29 is 9.53 Å². The van der Waals surface area contributed by atoms with E-state index >= 15 is 0 Å². The first-order chi connectivity index (χ1) is 6.07. The lowest BCUT2D eigenvalue weighted by Crippen LogP contribution is -2.19. The number of hydrogen-bond donors (Lipinski definition) is 1. The second-order valence-electron chi connectivity index (χ2n) is 3.23. The van der Waals surface area contributed by atoms with E-state index in [-0.39, 0.29) is 12.0 Å². The van der Waals surface area contributed by atoms with E-state index in [9.17, 15) is 4.79 Å². The maximum Gasteiger partial charge on any atom is 0.333 e. The van der Waals surface area contributed by atoms with Crippen LogP contribution in [0.25, 0.3) is 0 Å². The highest BCUT2D eigenvalue weighted by Crippen LogP contribution is 2.00. The Labute approximate surface area is 79.9 Å². The van der Waals surface area contributed by atoms with Gasteiger partial charge in [0.05, 0.1) is 6.61 Å². The van der Waals surface area contributed by atoms with Crippen LogP contribution in [0.1, 0.15) is 33.1 Å². The Morgan fingerprint density at radius 1 is 1.62 bits per heavy atom. The topological polar surface area (TPSA) is 52.3 Å². The Bertz CT molecular complexity index is 178. The van der Waals surface area contributed by atoms with Crippen LogP contribution in [0.15, 0.2) is 12.2 Å². The molecule has 0 saturated heterocycles. The number of carbonyl (C=O) groups excluding carboxylic acids is 1. The van der Waals surface area contributed by atoms with E-state index in [2.05, 4.69) is 6.58 Å². The monoisotopic (exact) mass is 185 g/mol. The van der Waals surface area contributed by atoms with E-state index in [4.69, 9.17) is 10.5 Å². The quantitative estimate of drug-likeness (QED) is 0.388. The fourth-order valence-corrected chi connectivity index (χ4v) is 0.838. The lowest BCUT2D eigenvalue weighted by molar-refractivity contribution is -0.139. The van der Waals surface area contributed by atoms with Crippen LogP contribution in [-0.4, -0.2) is 18.6 Å². The summed E-state index contributed by atoms with van der Waals surface area (Å²) in [5.74, 6) is -0.315. The molecule has 0 aliphatic carbocycles. The van der Waals surface area contributed by atoms with Gasteiger partial charge in [0, 0.05) is 11.6 Å². The summed E-state index contributed by atoms with van der Waals surface area (Å²) in [7, 11) is 0. The molecule has 0 aromatic heterocycles. The molecule has 0 aliphatic rings. The maximum absolute atomic E-state index is 10.9. The third-order valence-electron chi connectivity index (χ3n) is 1.83. The van der Waals surface area contributed by atoms with Gasteiger partial charge in [0.2, 0.25) is 0 Å². The number of carbonyl (C=O) groups is 1. The number of esters is 1. The molecule has 0 saturated carbocycles. The molecule has 3 heteroatoms. The highest BCUT2D eigenvalue weighted by Gasteiger charge is 2.03. The van der Waals surface area contributed by atoms with Gasteiger partial charge in [-0.2, -0.15) is 0 Å². The highest BCUT2D eigenvalue weighted by molar-refractivity contribution is 5.86. The van der Waals surface area contributed by atoms with Crippen LogP contribution in [0.2, 0.25) is 0 Å². The summed E-state index contributed by atoms with van der Waals surface area (Å²) in [4.78, 5) is 10.9. The zero-order valence-corrected chi connectivity index (χ0v) is 8.51. The molecule has 0 radical (unpaired) electrons. The van der Waals surface area contributed by atoms with Crippen LogP contribution in [0.3, 0.4) is 0 Å². The Morgan fingerprint density at radius 2 is 2.23 bits per heavy atom. The van der Waals surface area contributed by atoms with Gasteiger partial charge < -0.3 is 10.5 Å². The molecular formula is C10H19NO2. The number of hydrogen-bond acceptors (Lipinski definition) is 3. The van der Waals surface area contributed by atoms with Gasteiger partial charge in [-0.1, -0.05) is 13.5 Å². The number of rotatable bonds is 6. The van der Waals surface area contributed by atoms with E-state index in [1.807, 2.05) is 6.92 Å². The van der Waals surface area contributed by atoms with Crippen molar-refractivity contribution in [1.29, 1.82) is 0 Å². The van der Waals surface area contributed by atoms with E-state index in [1.165, 1.54) is 0 Å². The van der Waals surface area contributed by atoms with Gasteiger partial charge in [-0.25, -0.2) is 4.79 Å². The Kier molecular flexibility index (Phi) is 6.24. The standard InChI is InChI=1S/C10H19NO2/c1-4-9(11)6-5-7-13-10(12)8(2)3/h9H,2,4-7,11H2,1,3H3. The highest BCUT2D eigenvalue weighted by atomic mass is 16.5. The summed E-state index contributed by atoms with van der Waals surface area (Å²) in [6.07, 6.45) is 2.70. The lowest BCUT2D eigenvalue weighted by Gasteiger charge is -2.08. The van der Waals surface area contributed by atoms with Gasteiger partial charge in [-0.05, 0) is 26.2 Å². The van der Waals surface area contributed by atoms with Crippen molar-refractivity contribution in [2.45, 2.75) is 39.2 Å². The fourth-order valence-electron chi connectivity index (χ4n) is 0.838. The second kappa shape index (κ2) is 6.66. The van der Waals surface area contributed by atoms with Gasteiger partial charge in [0.1, 0.15) is 0 Å². The second-order valence-corrected chi connectivity index (χ2v) is 3.23. The van der Waals surface area contributed by atoms with Crippen LogP contribution in [0, 0.1) is 0 Å². The first kappa shape index (κ1) is 12.2. The molecule has 1 atom stereocenters. The van der Waals surface area contributed by atoms with Crippen molar-refractivity contribution in [1.82, 2.24) is 0 Å². The predicted molar refractivity (Wildman–Crippen MR) is 53.3 cm³/mol. The van der Waals surface area contributed by atoms with E-state index in [0.29, 0.717) is 12.2 Å². The average molecular weight is 185 g/mol. The smallest absolute Gasteiger partial charge is 0.333 e. The molecule has 2 N–H and O–H groups in total. The summed E-state index contributed by atoms with van der Waals surface area (Å²) < 4.78 is 4.90. The predicted octanol–water partition coefficient (Wildman–Crippen LogP) is 1.62. The van der Waals surface area contributed by atoms with E-state index in [1.54, 1.807) is 6.92 Å². The normalized spacial score (nSPS) is 12.2. The molecule has 0 rings (SSSR count). The van der Waals surface area contributed by atoms with Crippen molar-refractivity contribution in [3.05, 3.63) is 12.2 Å². The van der Waals surface area contributed by atoms with Gasteiger partial charge >= 0.3 is 5.97 Å². The first-order valence-electron chi connectivity index (χ1n) is 4.66. The first-order valence-corrected chi connectivity index (χ1v) is 4.66. The molecule has 3 nitrogen and oxygen atoms in total. The summed E-state index contributed by atoms with van der Waals surface area (Å²) in [6, 6.07) is 0.225. The Morgan fingerprint density at radius 3 is 2.69 bits per heavy atom. The lowest BCUT2D eigenvalue weighted by atomic mass is 10.1. The van der Waals surface area contributed by atoms with Crippen molar-refractivity contribution in [3.8, 4) is 0 Å². The van der Waals surface area contributed by atoms with Crippen LogP contribution >= 0.6 is 0 Å². The SMILES string of the molecule is C=C(C)C(=O)OCCCC(N)CC. The van der Waals surface area contributed by atoms with Crippen molar-refractivity contribution in [3.63, 3.8) is 0 Å². The van der Waals surface area contributed by atoms with E-state index in [0.717, 1.165) is 19.3 Å². The average Bonchev–Trinajstić information content (AvgIpc) is 2.11. The van der Waals surface area contributed by atoms with Crippen LogP contribution in [-0.2, 0) is 9.53 Å². The summed E-state index contributed by atoms with van der Waals surface area (Å²) >= 11 is 0. The minimum atomic E-state index is -0.315. The van der Waals surface area contributed by atoms with Crippen LogP contribution in [0.4, 0.5) is 0 Å². The molecule has 0 bridgehead atoms. The Hall–Kier alpha value is -0.830. The number of ether oxygens (including phenoxy) is 1. The van der Waals surface area contributed by atoms with Gasteiger partial charge in [0.25, 0.3) is 0 Å².